The normalized spacial score (nSPS) is 10.8. The lowest BCUT2D eigenvalue weighted by molar-refractivity contribution is 0.101. The maximum atomic E-state index is 12.4. The second-order valence-corrected chi connectivity index (χ2v) is 7.59. The highest BCUT2D eigenvalue weighted by molar-refractivity contribution is 7.99. The average Bonchev–Trinajstić information content (AvgIpc) is 3.13. The quantitative estimate of drug-likeness (QED) is 0.463. The predicted octanol–water partition coefficient (Wildman–Crippen LogP) is 3.56. The third-order valence-electron chi connectivity index (χ3n) is 3.87. The number of nitrogens with zero attached hydrogens (tertiary/aromatic N) is 4. The number of carbonyl (C=O) groups excluding carboxylic acids is 2. The molecule has 0 aliphatic heterocycles. The van der Waals surface area contributed by atoms with Gasteiger partial charge in [-0.2, -0.15) is 0 Å². The Labute approximate surface area is 167 Å². The molecule has 2 aromatic carbocycles. The molecule has 0 unspecified atom stereocenters. The standard InChI is InChI=1S/C20H21N5O2S/c1-14(2)12-25-20(22-23-24-25)28-13-18(26)15-8-10-17(11-9-15)21-19(27)16-6-4-3-5-7-16/h3-11,14H,12-13H2,1-2H3,(H,21,27). The van der Waals surface area contributed by atoms with Gasteiger partial charge in [0.25, 0.3) is 5.91 Å². The van der Waals surface area contributed by atoms with E-state index in [0.717, 1.165) is 0 Å². The Morgan fingerprint density at radius 2 is 1.75 bits per heavy atom. The van der Waals surface area contributed by atoms with Gasteiger partial charge in [0, 0.05) is 23.4 Å². The third kappa shape index (κ3) is 5.26. The van der Waals surface area contributed by atoms with Crippen LogP contribution in [0.25, 0.3) is 0 Å². The van der Waals surface area contributed by atoms with Gasteiger partial charge in [-0.3, -0.25) is 9.59 Å². The van der Waals surface area contributed by atoms with Crippen LogP contribution in [0.2, 0.25) is 0 Å². The Morgan fingerprint density at radius 3 is 2.43 bits per heavy atom. The van der Waals surface area contributed by atoms with Gasteiger partial charge in [0.05, 0.1) is 5.75 Å². The Bertz CT molecular complexity index is 939. The molecule has 1 aromatic heterocycles. The molecule has 7 nitrogen and oxygen atoms in total. The van der Waals surface area contributed by atoms with Crippen molar-refractivity contribution in [3.8, 4) is 0 Å². The number of Topliss-reactive ketones (excluding diaryl/α,β-unsaturated/α-hetero) is 1. The van der Waals surface area contributed by atoms with Crippen LogP contribution in [0.5, 0.6) is 0 Å². The Hall–Kier alpha value is -3.00. The van der Waals surface area contributed by atoms with Crippen molar-refractivity contribution in [2.45, 2.75) is 25.5 Å². The van der Waals surface area contributed by atoms with Crippen molar-refractivity contribution < 1.29 is 9.59 Å². The number of ketones is 1. The Balaban J connectivity index is 1.57. The van der Waals surface area contributed by atoms with Crippen LogP contribution in [0.1, 0.15) is 34.6 Å². The predicted molar refractivity (Wildman–Crippen MR) is 109 cm³/mol. The first kappa shape index (κ1) is 19.8. The molecule has 0 aliphatic rings. The molecule has 1 N–H and O–H groups in total. The van der Waals surface area contributed by atoms with Gasteiger partial charge in [-0.25, -0.2) is 4.68 Å². The summed E-state index contributed by atoms with van der Waals surface area (Å²) < 4.78 is 1.71. The summed E-state index contributed by atoms with van der Waals surface area (Å²) in [7, 11) is 0. The van der Waals surface area contributed by atoms with Crippen molar-refractivity contribution in [1.82, 2.24) is 20.2 Å². The van der Waals surface area contributed by atoms with Gasteiger partial charge in [0.2, 0.25) is 5.16 Å². The highest BCUT2D eigenvalue weighted by Gasteiger charge is 2.13. The Kier molecular flexibility index (Phi) is 6.54. The summed E-state index contributed by atoms with van der Waals surface area (Å²) >= 11 is 1.32. The van der Waals surface area contributed by atoms with Crippen molar-refractivity contribution in [1.29, 1.82) is 0 Å². The van der Waals surface area contributed by atoms with Crippen LogP contribution in [0.3, 0.4) is 0 Å². The third-order valence-corrected chi connectivity index (χ3v) is 4.83. The van der Waals surface area contributed by atoms with E-state index in [9.17, 15) is 9.59 Å². The van der Waals surface area contributed by atoms with Crippen molar-refractivity contribution in [2.75, 3.05) is 11.1 Å². The van der Waals surface area contributed by atoms with Crippen LogP contribution in [0, 0.1) is 5.92 Å². The molecule has 0 aliphatic carbocycles. The summed E-state index contributed by atoms with van der Waals surface area (Å²) in [5.41, 5.74) is 1.80. The zero-order chi connectivity index (χ0) is 19.9. The minimum atomic E-state index is -0.188. The summed E-state index contributed by atoms with van der Waals surface area (Å²) in [4.78, 5) is 24.6. The van der Waals surface area contributed by atoms with Gasteiger partial charge >= 0.3 is 0 Å². The molecule has 0 spiro atoms. The second-order valence-electron chi connectivity index (χ2n) is 6.65. The first-order chi connectivity index (χ1) is 13.5. The molecule has 144 valence electrons. The fourth-order valence-corrected chi connectivity index (χ4v) is 3.29. The van der Waals surface area contributed by atoms with E-state index in [1.165, 1.54) is 11.8 Å². The van der Waals surface area contributed by atoms with Crippen molar-refractivity contribution in [3.05, 3.63) is 65.7 Å². The van der Waals surface area contributed by atoms with E-state index in [0.29, 0.717) is 34.4 Å². The van der Waals surface area contributed by atoms with Crippen LogP contribution < -0.4 is 5.32 Å². The monoisotopic (exact) mass is 395 g/mol. The maximum absolute atomic E-state index is 12.4. The minimum absolute atomic E-state index is 0.0231. The number of hydrogen-bond acceptors (Lipinski definition) is 6. The number of nitrogens with one attached hydrogen (secondary N) is 1. The molecular formula is C20H21N5O2S. The molecular weight excluding hydrogens is 374 g/mol. The lowest BCUT2D eigenvalue weighted by Gasteiger charge is -2.07. The average molecular weight is 395 g/mol. The number of carbonyl (C=O) groups is 2. The van der Waals surface area contributed by atoms with Crippen LogP contribution in [0.15, 0.2) is 59.8 Å². The molecule has 1 heterocycles. The SMILES string of the molecule is CC(C)Cn1nnnc1SCC(=O)c1ccc(NC(=O)c2ccccc2)cc1. The molecule has 28 heavy (non-hydrogen) atoms. The van der Waals surface area contributed by atoms with Gasteiger partial charge in [0.1, 0.15) is 0 Å². The van der Waals surface area contributed by atoms with Gasteiger partial charge in [-0.1, -0.05) is 43.8 Å². The van der Waals surface area contributed by atoms with Gasteiger partial charge in [0.15, 0.2) is 5.78 Å². The van der Waals surface area contributed by atoms with Gasteiger partial charge in [-0.15, -0.1) is 5.10 Å². The fraction of sp³-hybridized carbons (Fsp3) is 0.250. The van der Waals surface area contributed by atoms with Crippen LogP contribution in [0.4, 0.5) is 5.69 Å². The largest absolute Gasteiger partial charge is 0.322 e. The summed E-state index contributed by atoms with van der Waals surface area (Å²) in [5.74, 6) is 0.447. The van der Waals surface area contributed by atoms with E-state index in [2.05, 4.69) is 34.7 Å². The van der Waals surface area contributed by atoms with E-state index in [1.807, 2.05) is 18.2 Å². The number of aromatic nitrogens is 4. The number of benzene rings is 2. The number of anilines is 1. The molecule has 0 saturated heterocycles. The van der Waals surface area contributed by atoms with Crippen molar-refractivity contribution in [3.63, 3.8) is 0 Å². The number of rotatable bonds is 8. The smallest absolute Gasteiger partial charge is 0.255 e. The molecule has 0 saturated carbocycles. The van der Waals surface area contributed by atoms with Crippen molar-refractivity contribution >= 4 is 29.1 Å². The lowest BCUT2D eigenvalue weighted by atomic mass is 10.1. The number of amides is 1. The van der Waals surface area contributed by atoms with E-state index >= 15 is 0 Å². The Morgan fingerprint density at radius 1 is 1.04 bits per heavy atom. The maximum Gasteiger partial charge on any atom is 0.255 e. The molecule has 0 bridgehead atoms. The van der Waals surface area contributed by atoms with Gasteiger partial charge < -0.3 is 5.32 Å². The topological polar surface area (TPSA) is 89.8 Å². The molecule has 3 aromatic rings. The molecule has 1 amide bonds. The van der Waals surface area contributed by atoms with E-state index in [4.69, 9.17) is 0 Å². The van der Waals surface area contributed by atoms with Crippen LogP contribution in [-0.4, -0.2) is 37.7 Å². The highest BCUT2D eigenvalue weighted by Crippen LogP contribution is 2.18. The summed E-state index contributed by atoms with van der Waals surface area (Å²) in [6.07, 6.45) is 0. The first-order valence-corrected chi connectivity index (χ1v) is 9.90. The second kappa shape index (κ2) is 9.27. The van der Waals surface area contributed by atoms with Crippen molar-refractivity contribution in [2.24, 2.45) is 5.92 Å². The number of hydrogen-bond donors (Lipinski definition) is 1. The molecule has 8 heteroatoms. The summed E-state index contributed by atoms with van der Waals surface area (Å²) in [6, 6.07) is 15.8. The fourth-order valence-electron chi connectivity index (χ4n) is 2.51. The lowest BCUT2D eigenvalue weighted by Crippen LogP contribution is -2.12. The zero-order valence-corrected chi connectivity index (χ0v) is 16.5. The van der Waals surface area contributed by atoms with E-state index in [1.54, 1.807) is 41.1 Å². The van der Waals surface area contributed by atoms with E-state index in [-0.39, 0.29) is 17.4 Å². The minimum Gasteiger partial charge on any atom is -0.322 e. The van der Waals surface area contributed by atoms with Gasteiger partial charge in [-0.05, 0) is 52.7 Å². The number of tetrazole rings is 1. The first-order valence-electron chi connectivity index (χ1n) is 8.91. The molecule has 3 rings (SSSR count). The molecule has 0 radical (unpaired) electrons. The zero-order valence-electron chi connectivity index (χ0n) is 15.7. The summed E-state index contributed by atoms with van der Waals surface area (Å²) in [6.45, 7) is 4.87. The van der Waals surface area contributed by atoms with Crippen LogP contribution in [-0.2, 0) is 6.54 Å². The number of thioether (sulfide) groups is 1. The highest BCUT2D eigenvalue weighted by atomic mass is 32.2. The molecule has 0 fully saturated rings. The molecule has 0 atom stereocenters. The van der Waals surface area contributed by atoms with E-state index < -0.39 is 0 Å². The summed E-state index contributed by atoms with van der Waals surface area (Å²) in [5, 5.41) is 15.1. The van der Waals surface area contributed by atoms with Crippen LogP contribution >= 0.6 is 11.8 Å².